The van der Waals surface area contributed by atoms with Gasteiger partial charge in [0.05, 0.1) is 0 Å². The van der Waals surface area contributed by atoms with E-state index in [-0.39, 0.29) is 0 Å². The average Bonchev–Trinajstić information content (AvgIpc) is 2.26. The highest BCUT2D eigenvalue weighted by Crippen LogP contribution is 2.09. The molecule has 0 aromatic rings. The van der Waals surface area contributed by atoms with Gasteiger partial charge in [-0.25, -0.2) is 0 Å². The topological polar surface area (TPSA) is 127 Å². The third kappa shape index (κ3) is 8.65. The number of nitrogens with two attached hydrogens (primary N) is 2. The van der Waals surface area contributed by atoms with Gasteiger partial charge in [0.25, 0.3) is 0 Å². The molecule has 17 heavy (non-hydrogen) atoms. The maximum atomic E-state index is 10.4. The fourth-order valence-electron chi connectivity index (χ4n) is 1.51. The molecule has 100 valence electrons. The Bertz CT molecular complexity index is 222. The van der Waals surface area contributed by atoms with E-state index in [2.05, 4.69) is 0 Å². The summed E-state index contributed by atoms with van der Waals surface area (Å²) in [5, 5.41) is 17.1. The Balaban J connectivity index is 3.30. The standard InChI is InChI=1S/C11H22N2O4/c12-8(10(14)15)6-4-2-1-3-5-7-9(13)11(16)17/h8-9H,1-7,12-13H2,(H,14,15)(H,16,17)/t8-,9-/m0/s1. The molecule has 0 unspecified atom stereocenters. The second kappa shape index (κ2) is 8.95. The zero-order valence-electron chi connectivity index (χ0n) is 9.97. The van der Waals surface area contributed by atoms with Crippen molar-refractivity contribution in [3.05, 3.63) is 0 Å². The molecule has 0 aromatic heterocycles. The van der Waals surface area contributed by atoms with Gasteiger partial charge < -0.3 is 21.7 Å². The molecule has 6 nitrogen and oxygen atoms in total. The third-order valence-corrected chi connectivity index (χ3v) is 2.66. The number of hydrogen-bond acceptors (Lipinski definition) is 4. The molecule has 0 heterocycles. The van der Waals surface area contributed by atoms with E-state index in [9.17, 15) is 9.59 Å². The largest absolute Gasteiger partial charge is 0.480 e. The minimum Gasteiger partial charge on any atom is -0.480 e. The SMILES string of the molecule is N[C@@H](CCCCCCC[C@H](N)C(=O)O)C(=O)O. The van der Waals surface area contributed by atoms with Crippen LogP contribution in [0.5, 0.6) is 0 Å². The summed E-state index contributed by atoms with van der Waals surface area (Å²) in [5.74, 6) is -1.92. The molecule has 0 bridgehead atoms. The van der Waals surface area contributed by atoms with E-state index in [4.69, 9.17) is 21.7 Å². The molecular weight excluding hydrogens is 224 g/mol. The number of unbranched alkanes of at least 4 members (excludes halogenated alkanes) is 4. The lowest BCUT2D eigenvalue weighted by atomic mass is 10.0. The van der Waals surface area contributed by atoms with Crippen LogP contribution in [-0.4, -0.2) is 34.2 Å². The zero-order valence-corrected chi connectivity index (χ0v) is 9.97. The highest BCUT2D eigenvalue weighted by atomic mass is 16.4. The summed E-state index contributed by atoms with van der Waals surface area (Å²) in [6.07, 6.45) is 5.36. The van der Waals surface area contributed by atoms with Gasteiger partial charge in [0, 0.05) is 0 Å². The Morgan fingerprint density at radius 1 is 0.765 bits per heavy atom. The predicted molar refractivity (Wildman–Crippen MR) is 63.5 cm³/mol. The molecule has 0 rings (SSSR count). The predicted octanol–water partition coefficient (Wildman–Crippen LogP) is 0.541. The van der Waals surface area contributed by atoms with Gasteiger partial charge in [0.2, 0.25) is 0 Å². The Labute approximate surface area is 101 Å². The van der Waals surface area contributed by atoms with Crippen molar-refractivity contribution >= 4 is 11.9 Å². The van der Waals surface area contributed by atoms with E-state index in [1.165, 1.54) is 0 Å². The van der Waals surface area contributed by atoms with Gasteiger partial charge in [-0.3, -0.25) is 9.59 Å². The molecule has 2 atom stereocenters. The second-order valence-corrected chi connectivity index (χ2v) is 4.23. The van der Waals surface area contributed by atoms with Gasteiger partial charge in [0.1, 0.15) is 12.1 Å². The van der Waals surface area contributed by atoms with Crippen molar-refractivity contribution in [2.75, 3.05) is 0 Å². The van der Waals surface area contributed by atoms with Crippen molar-refractivity contribution < 1.29 is 19.8 Å². The molecule has 0 amide bonds. The summed E-state index contributed by atoms with van der Waals surface area (Å²) in [6, 6.07) is -1.54. The van der Waals surface area contributed by atoms with Crippen LogP contribution >= 0.6 is 0 Å². The smallest absolute Gasteiger partial charge is 0.320 e. The van der Waals surface area contributed by atoms with Crippen LogP contribution in [0.15, 0.2) is 0 Å². The number of aliphatic carboxylic acids is 2. The van der Waals surface area contributed by atoms with E-state index in [1.54, 1.807) is 0 Å². The van der Waals surface area contributed by atoms with Crippen molar-refractivity contribution in [1.29, 1.82) is 0 Å². The number of carbonyl (C=O) groups is 2. The molecule has 0 aliphatic heterocycles. The van der Waals surface area contributed by atoms with Crippen molar-refractivity contribution in [2.24, 2.45) is 11.5 Å². The normalized spacial score (nSPS) is 14.2. The van der Waals surface area contributed by atoms with Crippen molar-refractivity contribution in [3.63, 3.8) is 0 Å². The molecule has 0 fully saturated rings. The Hall–Kier alpha value is -1.14. The van der Waals surface area contributed by atoms with Crippen molar-refractivity contribution in [1.82, 2.24) is 0 Å². The molecule has 0 saturated carbocycles. The van der Waals surface area contributed by atoms with E-state index in [0.29, 0.717) is 12.8 Å². The molecule has 0 aliphatic carbocycles. The van der Waals surface area contributed by atoms with Gasteiger partial charge in [-0.05, 0) is 12.8 Å². The summed E-state index contributed by atoms with van der Waals surface area (Å²) in [7, 11) is 0. The minimum absolute atomic E-state index is 0.490. The lowest BCUT2D eigenvalue weighted by molar-refractivity contribution is -0.139. The summed E-state index contributed by atoms with van der Waals surface area (Å²) >= 11 is 0. The number of carboxylic acid groups (broad SMARTS) is 2. The minimum atomic E-state index is -0.961. The highest BCUT2D eigenvalue weighted by Gasteiger charge is 2.11. The molecule has 0 aromatic carbocycles. The van der Waals surface area contributed by atoms with Crippen LogP contribution in [0.4, 0.5) is 0 Å². The van der Waals surface area contributed by atoms with Crippen molar-refractivity contribution in [2.45, 2.75) is 57.0 Å². The maximum absolute atomic E-state index is 10.4. The highest BCUT2D eigenvalue weighted by molar-refractivity contribution is 5.73. The first-order valence-electron chi connectivity index (χ1n) is 5.92. The first-order valence-corrected chi connectivity index (χ1v) is 5.92. The quantitative estimate of drug-likeness (QED) is 0.417. The Morgan fingerprint density at radius 3 is 1.35 bits per heavy atom. The Kier molecular flexibility index (Phi) is 8.35. The lowest BCUT2D eigenvalue weighted by Gasteiger charge is -2.07. The number of hydrogen-bond donors (Lipinski definition) is 4. The summed E-state index contributed by atoms with van der Waals surface area (Å²) in [5.41, 5.74) is 10.7. The fraction of sp³-hybridized carbons (Fsp3) is 0.818. The lowest BCUT2D eigenvalue weighted by Crippen LogP contribution is -2.29. The number of rotatable bonds is 10. The van der Waals surface area contributed by atoms with Crippen LogP contribution in [0, 0.1) is 0 Å². The summed E-state index contributed by atoms with van der Waals surface area (Å²) in [4.78, 5) is 20.8. The Morgan fingerprint density at radius 2 is 1.06 bits per heavy atom. The van der Waals surface area contributed by atoms with Crippen LogP contribution < -0.4 is 11.5 Å². The molecule has 6 N–H and O–H groups in total. The average molecular weight is 246 g/mol. The van der Waals surface area contributed by atoms with Gasteiger partial charge in [-0.1, -0.05) is 32.1 Å². The van der Waals surface area contributed by atoms with Gasteiger partial charge in [0.15, 0.2) is 0 Å². The maximum Gasteiger partial charge on any atom is 0.320 e. The number of carboxylic acids is 2. The zero-order chi connectivity index (χ0) is 13.3. The first-order chi connectivity index (χ1) is 7.95. The van der Waals surface area contributed by atoms with Crippen molar-refractivity contribution in [3.8, 4) is 0 Å². The van der Waals surface area contributed by atoms with Gasteiger partial charge >= 0.3 is 11.9 Å². The van der Waals surface area contributed by atoms with Crippen LogP contribution in [-0.2, 0) is 9.59 Å². The van der Waals surface area contributed by atoms with Gasteiger partial charge in [-0.2, -0.15) is 0 Å². The van der Waals surface area contributed by atoms with Gasteiger partial charge in [-0.15, -0.1) is 0 Å². The van der Waals surface area contributed by atoms with E-state index in [1.807, 2.05) is 0 Å². The summed E-state index contributed by atoms with van der Waals surface area (Å²) < 4.78 is 0. The van der Waals surface area contributed by atoms with E-state index >= 15 is 0 Å². The van der Waals surface area contributed by atoms with E-state index < -0.39 is 24.0 Å². The fourth-order valence-corrected chi connectivity index (χ4v) is 1.51. The molecule has 0 spiro atoms. The first kappa shape index (κ1) is 15.9. The molecule has 0 saturated heterocycles. The van der Waals surface area contributed by atoms with Crippen LogP contribution in [0.3, 0.4) is 0 Å². The molecular formula is C11H22N2O4. The second-order valence-electron chi connectivity index (χ2n) is 4.23. The molecule has 0 aliphatic rings. The summed E-state index contributed by atoms with van der Waals surface area (Å²) in [6.45, 7) is 0. The molecule has 6 heteroatoms. The molecule has 0 radical (unpaired) electrons. The third-order valence-electron chi connectivity index (χ3n) is 2.66. The van der Waals surface area contributed by atoms with Crippen LogP contribution in [0.25, 0.3) is 0 Å². The van der Waals surface area contributed by atoms with E-state index in [0.717, 1.165) is 32.1 Å². The monoisotopic (exact) mass is 246 g/mol. The van der Waals surface area contributed by atoms with Crippen LogP contribution in [0.2, 0.25) is 0 Å². The van der Waals surface area contributed by atoms with Crippen LogP contribution in [0.1, 0.15) is 44.9 Å².